The lowest BCUT2D eigenvalue weighted by Crippen LogP contribution is -2.51. The molecule has 1 aliphatic rings. The summed E-state index contributed by atoms with van der Waals surface area (Å²) in [5, 5.41) is 22.7. The molecule has 1 atom stereocenters. The van der Waals surface area contributed by atoms with Crippen molar-refractivity contribution in [3.8, 4) is 0 Å². The summed E-state index contributed by atoms with van der Waals surface area (Å²) in [6.07, 6.45) is -4.88. The van der Waals surface area contributed by atoms with Gasteiger partial charge in [-0.15, -0.1) is 0 Å². The third-order valence-corrected chi connectivity index (χ3v) is 4.86. The van der Waals surface area contributed by atoms with Crippen molar-refractivity contribution in [3.63, 3.8) is 0 Å². The molecular weight excluding hydrogens is 418 g/mol. The Bertz CT molecular complexity index is 1080. The zero-order valence-electron chi connectivity index (χ0n) is 16.5. The molecule has 0 saturated carbocycles. The maximum atomic E-state index is 13.4. The van der Waals surface area contributed by atoms with E-state index in [1.165, 1.54) is 11.9 Å². The number of amidine groups is 1. The van der Waals surface area contributed by atoms with Gasteiger partial charge in [-0.25, -0.2) is 4.39 Å². The first-order valence-corrected chi connectivity index (χ1v) is 9.13. The number of benzene rings is 2. The molecule has 2 aromatic carbocycles. The number of carbonyl (C=O) groups excluding carboxylic acids is 1. The van der Waals surface area contributed by atoms with Crippen LogP contribution in [0.1, 0.15) is 22.3 Å². The number of nitrogens with one attached hydrogen (secondary N) is 1. The van der Waals surface area contributed by atoms with E-state index in [1.54, 1.807) is 18.2 Å². The van der Waals surface area contributed by atoms with E-state index in [0.717, 1.165) is 11.6 Å². The molecule has 10 heteroatoms. The second-order valence-corrected chi connectivity index (χ2v) is 7.00. The number of aliphatic hydroxyl groups excluding tert-OH is 2. The van der Waals surface area contributed by atoms with Crippen LogP contribution in [0.15, 0.2) is 59.1 Å². The lowest BCUT2D eigenvalue weighted by atomic mass is 10.0. The van der Waals surface area contributed by atoms with Gasteiger partial charge in [-0.1, -0.05) is 30.3 Å². The Labute approximate surface area is 175 Å². The number of halogens is 4. The number of aliphatic hydroxyl groups is 2. The number of hydrogen-bond donors (Lipinski definition) is 3. The largest absolute Gasteiger partial charge is 0.505 e. The van der Waals surface area contributed by atoms with Crippen LogP contribution in [0.3, 0.4) is 0 Å². The van der Waals surface area contributed by atoms with Crippen molar-refractivity contribution in [1.29, 1.82) is 0 Å². The average molecular weight is 437 g/mol. The van der Waals surface area contributed by atoms with E-state index in [2.05, 4.69) is 10.3 Å². The number of rotatable bonds is 4. The van der Waals surface area contributed by atoms with Crippen LogP contribution < -0.4 is 5.32 Å². The highest BCUT2D eigenvalue weighted by Crippen LogP contribution is 2.32. The molecule has 1 heterocycles. The van der Waals surface area contributed by atoms with Crippen LogP contribution >= 0.6 is 0 Å². The van der Waals surface area contributed by atoms with Gasteiger partial charge in [0.1, 0.15) is 11.7 Å². The monoisotopic (exact) mass is 437 g/mol. The summed E-state index contributed by atoms with van der Waals surface area (Å²) in [5.41, 5.74) is 0.00654. The van der Waals surface area contributed by atoms with E-state index in [4.69, 9.17) is 0 Å². The molecule has 6 nitrogen and oxygen atoms in total. The highest BCUT2D eigenvalue weighted by atomic mass is 19.4. The van der Waals surface area contributed by atoms with Crippen molar-refractivity contribution in [2.24, 2.45) is 4.99 Å². The van der Waals surface area contributed by atoms with Crippen molar-refractivity contribution in [1.82, 2.24) is 10.2 Å². The molecule has 164 valence electrons. The molecule has 31 heavy (non-hydrogen) atoms. The fourth-order valence-corrected chi connectivity index (χ4v) is 3.22. The lowest BCUT2D eigenvalue weighted by Gasteiger charge is -2.32. The Hall–Kier alpha value is -3.56. The first-order chi connectivity index (χ1) is 14.5. The van der Waals surface area contributed by atoms with Crippen LogP contribution in [0.25, 0.3) is 0 Å². The Morgan fingerprint density at radius 2 is 1.87 bits per heavy atom. The molecule has 2 aromatic rings. The van der Waals surface area contributed by atoms with Crippen LogP contribution in [0.4, 0.5) is 17.6 Å². The predicted octanol–water partition coefficient (Wildman–Crippen LogP) is 3.82. The maximum Gasteiger partial charge on any atom is 0.419 e. The molecule has 3 rings (SSSR count). The van der Waals surface area contributed by atoms with Crippen LogP contribution in [-0.4, -0.2) is 39.9 Å². The fourth-order valence-electron chi connectivity index (χ4n) is 3.22. The normalized spacial score (nSPS) is 16.9. The molecule has 0 fully saturated rings. The minimum absolute atomic E-state index is 0.0148. The topological polar surface area (TPSA) is 85.2 Å². The third-order valence-electron chi connectivity index (χ3n) is 4.86. The molecule has 0 spiro atoms. The van der Waals surface area contributed by atoms with Gasteiger partial charge in [-0.2, -0.15) is 18.2 Å². The second-order valence-electron chi connectivity index (χ2n) is 7.00. The fraction of sp³-hybridized carbons (Fsp3) is 0.238. The summed E-state index contributed by atoms with van der Waals surface area (Å²) < 4.78 is 52.1. The van der Waals surface area contributed by atoms with E-state index >= 15 is 0 Å². The van der Waals surface area contributed by atoms with Gasteiger partial charge < -0.3 is 20.4 Å². The zero-order valence-corrected chi connectivity index (χ0v) is 16.5. The summed E-state index contributed by atoms with van der Waals surface area (Å²) in [4.78, 5) is 18.0. The number of hydrogen-bond acceptors (Lipinski definition) is 5. The zero-order chi connectivity index (χ0) is 22.9. The summed E-state index contributed by atoms with van der Waals surface area (Å²) in [7, 11) is 1.48. The molecule has 0 bridgehead atoms. The molecule has 3 N–H and O–H groups in total. The summed E-state index contributed by atoms with van der Waals surface area (Å²) in [6, 6.07) is 8.11. The van der Waals surface area contributed by atoms with Crippen LogP contribution in [0.5, 0.6) is 0 Å². The minimum atomic E-state index is -4.88. The Kier molecular flexibility index (Phi) is 5.92. The number of carbonyl (C=O) groups is 1. The quantitative estimate of drug-likeness (QED) is 0.635. The molecule has 0 aliphatic carbocycles. The molecule has 1 aliphatic heterocycles. The smallest absolute Gasteiger partial charge is 0.419 e. The summed E-state index contributed by atoms with van der Waals surface area (Å²) in [5.74, 6) is -3.41. The number of aryl methyl sites for hydroxylation is 1. The second kappa shape index (κ2) is 8.29. The molecular formula is C21H19F4N3O3. The van der Waals surface area contributed by atoms with Crippen LogP contribution in [0.2, 0.25) is 0 Å². The van der Waals surface area contributed by atoms with E-state index in [0.29, 0.717) is 17.7 Å². The predicted molar refractivity (Wildman–Crippen MR) is 105 cm³/mol. The SMILES string of the molecule is Cc1ccccc1C1=NC(O)=C(O)C(C(=O)NCc2ccc(F)c(C(F)(F)F)c2)N1C. The van der Waals surface area contributed by atoms with Gasteiger partial charge >= 0.3 is 6.18 Å². The molecule has 0 saturated heterocycles. The number of amides is 1. The van der Waals surface area contributed by atoms with Crippen molar-refractivity contribution in [3.05, 3.63) is 82.2 Å². The van der Waals surface area contributed by atoms with Gasteiger partial charge in [0.05, 0.1) is 5.56 Å². The number of nitrogens with zero attached hydrogens (tertiary/aromatic N) is 2. The summed E-state index contributed by atoms with van der Waals surface area (Å²) >= 11 is 0. The molecule has 0 radical (unpaired) electrons. The van der Waals surface area contributed by atoms with Gasteiger partial charge in [0.15, 0.2) is 11.8 Å². The molecule has 1 amide bonds. The van der Waals surface area contributed by atoms with Gasteiger partial charge in [0, 0.05) is 19.2 Å². The number of alkyl halides is 3. The van der Waals surface area contributed by atoms with Crippen molar-refractivity contribution < 1.29 is 32.6 Å². The maximum absolute atomic E-state index is 13.4. The molecule has 1 unspecified atom stereocenters. The minimum Gasteiger partial charge on any atom is -0.505 e. The van der Waals surface area contributed by atoms with E-state index in [-0.39, 0.29) is 17.9 Å². The first kappa shape index (κ1) is 22.1. The Morgan fingerprint density at radius 1 is 1.19 bits per heavy atom. The number of likely N-dealkylation sites (N-methyl/N-ethyl adjacent to an activating group) is 1. The first-order valence-electron chi connectivity index (χ1n) is 9.13. The molecule has 0 aromatic heterocycles. The van der Waals surface area contributed by atoms with Crippen molar-refractivity contribution in [2.45, 2.75) is 25.7 Å². The van der Waals surface area contributed by atoms with E-state index in [1.807, 2.05) is 13.0 Å². The number of aliphatic imine (C=N–C) groups is 1. The van der Waals surface area contributed by atoms with Gasteiger partial charge in [-0.05, 0) is 30.2 Å². The Morgan fingerprint density at radius 3 is 2.52 bits per heavy atom. The van der Waals surface area contributed by atoms with Gasteiger partial charge in [0.25, 0.3) is 11.8 Å². The highest BCUT2D eigenvalue weighted by Gasteiger charge is 2.37. The standard InChI is InChI=1S/C21H19F4N3O3/c1-11-5-3-4-6-13(11)18-27-20(31)17(29)16(28(18)2)19(30)26-10-12-7-8-15(22)14(9-12)21(23,24)25/h3-9,16,29,31H,10H2,1-2H3,(H,26,30). The van der Waals surface area contributed by atoms with Crippen LogP contribution in [0, 0.1) is 12.7 Å². The summed E-state index contributed by atoms with van der Waals surface area (Å²) in [6.45, 7) is 1.46. The van der Waals surface area contributed by atoms with Gasteiger partial charge in [-0.3, -0.25) is 4.79 Å². The Balaban J connectivity index is 1.82. The van der Waals surface area contributed by atoms with E-state index < -0.39 is 41.1 Å². The van der Waals surface area contributed by atoms with Crippen LogP contribution in [-0.2, 0) is 17.5 Å². The van der Waals surface area contributed by atoms with Gasteiger partial charge in [0.2, 0.25) is 0 Å². The average Bonchev–Trinajstić information content (AvgIpc) is 2.70. The van der Waals surface area contributed by atoms with Crippen molar-refractivity contribution >= 4 is 11.7 Å². The third kappa shape index (κ3) is 4.47. The van der Waals surface area contributed by atoms with Crippen molar-refractivity contribution in [2.75, 3.05) is 7.05 Å². The van der Waals surface area contributed by atoms with E-state index in [9.17, 15) is 32.6 Å². The lowest BCUT2D eigenvalue weighted by molar-refractivity contribution is -0.140. The highest BCUT2D eigenvalue weighted by molar-refractivity contribution is 6.04.